The van der Waals surface area contributed by atoms with Crippen LogP contribution in [0.1, 0.15) is 29.9 Å². The van der Waals surface area contributed by atoms with Crippen LogP contribution in [-0.4, -0.2) is 9.55 Å². The van der Waals surface area contributed by atoms with Crippen LogP contribution >= 0.6 is 15.9 Å². The van der Waals surface area contributed by atoms with Crippen molar-refractivity contribution in [3.05, 3.63) is 52.0 Å². The summed E-state index contributed by atoms with van der Waals surface area (Å²) in [6.07, 6.45) is -1.09. The fourth-order valence-electron chi connectivity index (χ4n) is 2.11. The highest BCUT2D eigenvalue weighted by Gasteiger charge is 2.34. The summed E-state index contributed by atoms with van der Waals surface area (Å²) < 4.78 is 40.8. The van der Waals surface area contributed by atoms with Crippen molar-refractivity contribution < 1.29 is 13.2 Å². The molecule has 0 amide bonds. The topological polar surface area (TPSA) is 55.9 Å². The second-order valence-corrected chi connectivity index (χ2v) is 5.26. The van der Waals surface area contributed by atoms with Gasteiger partial charge in [0, 0.05) is 23.4 Å². The van der Waals surface area contributed by atoms with Gasteiger partial charge >= 0.3 is 6.18 Å². The third kappa shape index (κ3) is 3.28. The van der Waals surface area contributed by atoms with Crippen LogP contribution < -0.4 is 11.3 Å². The van der Waals surface area contributed by atoms with Crippen LogP contribution in [0.3, 0.4) is 0 Å². The number of halogens is 4. The van der Waals surface area contributed by atoms with Gasteiger partial charge in [-0.3, -0.25) is 5.84 Å². The number of aromatic nitrogens is 2. The van der Waals surface area contributed by atoms with Gasteiger partial charge in [-0.05, 0) is 24.6 Å². The maximum absolute atomic E-state index is 13.0. The molecule has 2 rings (SSSR count). The van der Waals surface area contributed by atoms with E-state index in [1.807, 2.05) is 11.5 Å². The van der Waals surface area contributed by atoms with Crippen molar-refractivity contribution in [3.8, 4) is 0 Å². The zero-order valence-corrected chi connectivity index (χ0v) is 12.7. The smallest absolute Gasteiger partial charge is 0.334 e. The number of nitrogens with one attached hydrogen (secondary N) is 1. The van der Waals surface area contributed by atoms with E-state index in [9.17, 15) is 13.2 Å². The van der Waals surface area contributed by atoms with Crippen LogP contribution in [0.5, 0.6) is 0 Å². The molecular weight excluding hydrogens is 349 g/mol. The molecule has 1 unspecified atom stereocenters. The molecule has 0 bridgehead atoms. The fourth-order valence-corrected chi connectivity index (χ4v) is 2.58. The van der Waals surface area contributed by atoms with Crippen molar-refractivity contribution in [2.45, 2.75) is 25.7 Å². The van der Waals surface area contributed by atoms with E-state index in [4.69, 9.17) is 5.84 Å². The largest absolute Gasteiger partial charge is 0.417 e. The molecule has 2 aromatic rings. The van der Waals surface area contributed by atoms with E-state index >= 15 is 0 Å². The first kappa shape index (κ1) is 16.0. The Labute approximate surface area is 128 Å². The van der Waals surface area contributed by atoms with Crippen LogP contribution in [0.4, 0.5) is 13.2 Å². The third-order valence-electron chi connectivity index (χ3n) is 3.14. The lowest BCUT2D eigenvalue weighted by Crippen LogP contribution is -2.31. The van der Waals surface area contributed by atoms with Crippen LogP contribution in [-0.2, 0) is 12.7 Å². The van der Waals surface area contributed by atoms with E-state index in [0.717, 1.165) is 6.07 Å². The van der Waals surface area contributed by atoms with E-state index in [0.29, 0.717) is 17.9 Å². The van der Waals surface area contributed by atoms with E-state index < -0.39 is 17.8 Å². The van der Waals surface area contributed by atoms with Crippen molar-refractivity contribution in [1.82, 2.24) is 15.0 Å². The van der Waals surface area contributed by atoms with Crippen LogP contribution in [0.2, 0.25) is 0 Å². The summed E-state index contributed by atoms with van der Waals surface area (Å²) in [4.78, 5) is 4.18. The monoisotopic (exact) mass is 362 g/mol. The summed E-state index contributed by atoms with van der Waals surface area (Å²) >= 11 is 2.92. The number of aryl methyl sites for hydroxylation is 1. The molecule has 0 saturated carbocycles. The molecular formula is C13H14BrF3N4. The molecule has 4 nitrogen and oxygen atoms in total. The minimum Gasteiger partial charge on any atom is -0.334 e. The second-order valence-electron chi connectivity index (χ2n) is 4.41. The van der Waals surface area contributed by atoms with Crippen LogP contribution in [0.25, 0.3) is 0 Å². The summed E-state index contributed by atoms with van der Waals surface area (Å²) in [5.74, 6) is 6.09. The summed E-state index contributed by atoms with van der Waals surface area (Å²) in [7, 11) is 0. The molecule has 0 radical (unpaired) electrons. The van der Waals surface area contributed by atoms with Crippen LogP contribution in [0.15, 0.2) is 35.1 Å². The molecule has 0 saturated heterocycles. The van der Waals surface area contributed by atoms with Crippen molar-refractivity contribution in [2.24, 2.45) is 5.84 Å². The Kier molecular flexibility index (Phi) is 4.70. The molecule has 0 fully saturated rings. The molecule has 1 atom stereocenters. The van der Waals surface area contributed by atoms with Crippen LogP contribution in [0, 0.1) is 0 Å². The number of nitrogens with zero attached hydrogens (tertiary/aromatic N) is 2. The Morgan fingerprint density at radius 3 is 2.71 bits per heavy atom. The van der Waals surface area contributed by atoms with Gasteiger partial charge in [0.15, 0.2) is 0 Å². The molecule has 1 aromatic carbocycles. The summed E-state index contributed by atoms with van der Waals surface area (Å²) in [5.41, 5.74) is 2.18. The van der Waals surface area contributed by atoms with E-state index in [1.54, 1.807) is 18.5 Å². The number of hydrazine groups is 1. The van der Waals surface area contributed by atoms with Crippen molar-refractivity contribution in [2.75, 3.05) is 0 Å². The molecule has 1 heterocycles. The molecule has 8 heteroatoms. The lowest BCUT2D eigenvalue weighted by Gasteiger charge is -2.19. The third-order valence-corrected chi connectivity index (χ3v) is 3.83. The lowest BCUT2D eigenvalue weighted by molar-refractivity contribution is -0.138. The second kappa shape index (κ2) is 6.17. The number of imidazole rings is 1. The Morgan fingerprint density at radius 1 is 1.43 bits per heavy atom. The average Bonchev–Trinajstić information content (AvgIpc) is 2.88. The van der Waals surface area contributed by atoms with Gasteiger partial charge in [-0.25, -0.2) is 10.4 Å². The van der Waals surface area contributed by atoms with Gasteiger partial charge in [-0.15, -0.1) is 0 Å². The van der Waals surface area contributed by atoms with E-state index in [-0.39, 0.29) is 4.47 Å². The Hall–Kier alpha value is -1.38. The molecule has 0 aliphatic heterocycles. The quantitative estimate of drug-likeness (QED) is 0.648. The number of hydrogen-bond donors (Lipinski definition) is 2. The maximum atomic E-state index is 13.0. The molecule has 0 aliphatic carbocycles. The first-order valence-electron chi connectivity index (χ1n) is 6.22. The number of benzene rings is 1. The Morgan fingerprint density at radius 2 is 2.14 bits per heavy atom. The highest BCUT2D eigenvalue weighted by molar-refractivity contribution is 9.10. The molecule has 0 spiro atoms. The van der Waals surface area contributed by atoms with Gasteiger partial charge in [-0.1, -0.05) is 22.0 Å². The van der Waals surface area contributed by atoms with Gasteiger partial charge in [0.1, 0.15) is 11.9 Å². The van der Waals surface area contributed by atoms with Crippen molar-refractivity contribution in [3.63, 3.8) is 0 Å². The van der Waals surface area contributed by atoms with Gasteiger partial charge in [0.25, 0.3) is 0 Å². The summed E-state index contributed by atoms with van der Waals surface area (Å²) in [5, 5.41) is 0. The van der Waals surface area contributed by atoms with Crippen molar-refractivity contribution in [1.29, 1.82) is 0 Å². The fraction of sp³-hybridized carbons (Fsp3) is 0.308. The highest BCUT2D eigenvalue weighted by atomic mass is 79.9. The molecule has 3 N–H and O–H groups in total. The number of rotatable bonds is 4. The predicted octanol–water partition coefficient (Wildman–Crippen LogP) is 3.24. The van der Waals surface area contributed by atoms with Gasteiger partial charge in [-0.2, -0.15) is 13.2 Å². The highest BCUT2D eigenvalue weighted by Crippen LogP contribution is 2.36. The molecule has 1 aromatic heterocycles. The van der Waals surface area contributed by atoms with Gasteiger partial charge < -0.3 is 4.57 Å². The molecule has 21 heavy (non-hydrogen) atoms. The van der Waals surface area contributed by atoms with Gasteiger partial charge in [0.05, 0.1) is 5.56 Å². The normalized spacial score (nSPS) is 13.4. The summed E-state index contributed by atoms with van der Waals surface area (Å²) in [6, 6.07) is 3.40. The number of hydrogen-bond acceptors (Lipinski definition) is 3. The lowest BCUT2D eigenvalue weighted by atomic mass is 10.0. The maximum Gasteiger partial charge on any atom is 0.417 e. The van der Waals surface area contributed by atoms with E-state index in [2.05, 4.69) is 26.3 Å². The Balaban J connectivity index is 2.49. The summed E-state index contributed by atoms with van der Waals surface area (Å²) in [6.45, 7) is 2.57. The molecule has 114 valence electrons. The first-order chi connectivity index (χ1) is 9.88. The zero-order chi connectivity index (χ0) is 15.6. The SMILES string of the molecule is CCn1ccnc1C(NN)c1ccc(Br)c(C(F)(F)F)c1. The Bertz CT molecular complexity index is 624. The standard InChI is InChI=1S/C13H14BrF3N4/c1-2-21-6-5-19-12(21)11(20-18)8-3-4-10(14)9(7-8)13(15,16)17/h3-7,11,20H,2,18H2,1H3. The first-order valence-corrected chi connectivity index (χ1v) is 7.01. The average molecular weight is 363 g/mol. The minimum absolute atomic E-state index is 0.00615. The number of alkyl halides is 3. The zero-order valence-electron chi connectivity index (χ0n) is 11.2. The number of nitrogens with two attached hydrogens (primary N) is 1. The minimum atomic E-state index is -4.44. The van der Waals surface area contributed by atoms with Crippen molar-refractivity contribution >= 4 is 15.9 Å². The predicted molar refractivity (Wildman–Crippen MR) is 76.2 cm³/mol. The van der Waals surface area contributed by atoms with Gasteiger partial charge in [0.2, 0.25) is 0 Å². The molecule has 0 aliphatic rings. The van der Waals surface area contributed by atoms with E-state index in [1.165, 1.54) is 6.07 Å².